The van der Waals surface area contributed by atoms with Crippen LogP contribution in [0.5, 0.6) is 0 Å². The van der Waals surface area contributed by atoms with E-state index in [9.17, 15) is 13.5 Å². The predicted octanol–water partition coefficient (Wildman–Crippen LogP) is 3.62. The molecule has 3 aromatic rings. The molecule has 0 amide bonds. The summed E-state index contributed by atoms with van der Waals surface area (Å²) in [7, 11) is -3.54. The fraction of sp³-hybridized carbons (Fsp3) is 0.158. The van der Waals surface area contributed by atoms with Crippen LogP contribution in [0.3, 0.4) is 0 Å². The summed E-state index contributed by atoms with van der Waals surface area (Å²) in [5.41, 5.74) is 1.83. The Hall–Kier alpha value is -1.99. The van der Waals surface area contributed by atoms with Crippen LogP contribution in [0, 0.1) is 6.92 Å². The third kappa shape index (κ3) is 4.35. The minimum absolute atomic E-state index is 0.197. The Morgan fingerprint density at radius 2 is 1.68 bits per heavy atom. The molecule has 0 saturated heterocycles. The van der Waals surface area contributed by atoms with Gasteiger partial charge in [0.05, 0.1) is 4.90 Å². The summed E-state index contributed by atoms with van der Waals surface area (Å²) in [6.45, 7) is 2.11. The molecule has 4 nitrogen and oxygen atoms in total. The second-order valence-electron chi connectivity index (χ2n) is 5.75. The van der Waals surface area contributed by atoms with E-state index in [1.165, 1.54) is 11.3 Å². The minimum atomic E-state index is -3.54. The van der Waals surface area contributed by atoms with Crippen LogP contribution < -0.4 is 4.72 Å². The van der Waals surface area contributed by atoms with Gasteiger partial charge in [0, 0.05) is 16.3 Å². The standard InChI is InChI=1S/C19H19NO3S2/c1-14-7-10-17(11-8-14)25(22,23)20-13-16-9-12-18(24-16)19(21)15-5-3-2-4-6-15/h2-12,19-21H,13H2,1H3. The fourth-order valence-electron chi connectivity index (χ4n) is 2.40. The average molecular weight is 373 g/mol. The van der Waals surface area contributed by atoms with Crippen molar-refractivity contribution in [2.45, 2.75) is 24.5 Å². The van der Waals surface area contributed by atoms with Crippen LogP contribution in [-0.4, -0.2) is 13.5 Å². The van der Waals surface area contributed by atoms with Crippen molar-refractivity contribution in [3.8, 4) is 0 Å². The summed E-state index contributed by atoms with van der Waals surface area (Å²) in [6.07, 6.45) is -0.700. The molecule has 0 saturated carbocycles. The Kier molecular flexibility index (Phi) is 5.34. The molecule has 1 aromatic heterocycles. The summed E-state index contributed by atoms with van der Waals surface area (Å²) in [4.78, 5) is 1.88. The Morgan fingerprint density at radius 1 is 1.00 bits per heavy atom. The second kappa shape index (κ2) is 7.49. The molecule has 2 aromatic carbocycles. The first-order chi connectivity index (χ1) is 12.0. The van der Waals surface area contributed by atoms with Crippen molar-refractivity contribution in [2.75, 3.05) is 0 Å². The number of thiophene rings is 1. The van der Waals surface area contributed by atoms with E-state index in [2.05, 4.69) is 4.72 Å². The van der Waals surface area contributed by atoms with Gasteiger partial charge in [-0.1, -0.05) is 48.0 Å². The summed E-state index contributed by atoms with van der Waals surface area (Å²) in [6, 6.07) is 19.8. The summed E-state index contributed by atoms with van der Waals surface area (Å²) < 4.78 is 27.3. The van der Waals surface area contributed by atoms with E-state index >= 15 is 0 Å². The van der Waals surface area contributed by atoms with Crippen LogP contribution in [0.4, 0.5) is 0 Å². The largest absolute Gasteiger partial charge is 0.383 e. The Morgan fingerprint density at radius 3 is 2.36 bits per heavy atom. The van der Waals surface area contributed by atoms with Crippen molar-refractivity contribution in [1.82, 2.24) is 4.72 Å². The van der Waals surface area contributed by atoms with E-state index in [4.69, 9.17) is 0 Å². The maximum Gasteiger partial charge on any atom is 0.240 e. The topological polar surface area (TPSA) is 66.4 Å². The summed E-state index contributed by atoms with van der Waals surface area (Å²) in [5.74, 6) is 0. The Balaban J connectivity index is 1.68. The van der Waals surface area contributed by atoms with E-state index in [-0.39, 0.29) is 11.4 Å². The first-order valence-corrected chi connectivity index (χ1v) is 10.1. The minimum Gasteiger partial charge on any atom is -0.383 e. The number of sulfonamides is 1. The van der Waals surface area contributed by atoms with Crippen LogP contribution in [0.15, 0.2) is 71.6 Å². The highest BCUT2D eigenvalue weighted by atomic mass is 32.2. The molecule has 3 rings (SSSR count). The van der Waals surface area contributed by atoms with Crippen molar-refractivity contribution in [3.05, 3.63) is 87.6 Å². The molecule has 25 heavy (non-hydrogen) atoms. The third-order valence-electron chi connectivity index (χ3n) is 3.83. The van der Waals surface area contributed by atoms with Crippen molar-refractivity contribution in [1.29, 1.82) is 0 Å². The zero-order chi connectivity index (χ0) is 17.9. The SMILES string of the molecule is Cc1ccc(S(=O)(=O)NCc2ccc(C(O)c3ccccc3)s2)cc1. The number of benzene rings is 2. The van der Waals surface area contributed by atoms with Gasteiger partial charge < -0.3 is 5.11 Å². The lowest BCUT2D eigenvalue weighted by Gasteiger charge is -2.08. The maximum absolute atomic E-state index is 12.3. The van der Waals surface area contributed by atoms with Crippen LogP contribution in [0.2, 0.25) is 0 Å². The first kappa shape index (κ1) is 17.8. The zero-order valence-electron chi connectivity index (χ0n) is 13.7. The molecule has 1 unspecified atom stereocenters. The molecule has 2 N–H and O–H groups in total. The summed E-state index contributed by atoms with van der Waals surface area (Å²) in [5, 5.41) is 10.4. The quantitative estimate of drug-likeness (QED) is 0.694. The highest BCUT2D eigenvalue weighted by molar-refractivity contribution is 7.89. The van der Waals surface area contributed by atoms with Gasteiger partial charge in [-0.25, -0.2) is 13.1 Å². The molecule has 1 atom stereocenters. The molecule has 0 fully saturated rings. The molecule has 1 heterocycles. The molecule has 0 aliphatic heterocycles. The lowest BCUT2D eigenvalue weighted by Crippen LogP contribution is -2.22. The number of nitrogens with one attached hydrogen (secondary N) is 1. The molecule has 0 radical (unpaired) electrons. The van der Waals surface area contributed by atoms with Crippen molar-refractivity contribution in [3.63, 3.8) is 0 Å². The van der Waals surface area contributed by atoms with Crippen LogP contribution in [0.1, 0.15) is 27.0 Å². The van der Waals surface area contributed by atoms with Crippen molar-refractivity contribution < 1.29 is 13.5 Å². The maximum atomic E-state index is 12.3. The third-order valence-corrected chi connectivity index (χ3v) is 6.39. The normalized spacial score (nSPS) is 12.9. The van der Waals surface area contributed by atoms with E-state index in [0.29, 0.717) is 0 Å². The van der Waals surface area contributed by atoms with Gasteiger partial charge in [-0.15, -0.1) is 11.3 Å². The zero-order valence-corrected chi connectivity index (χ0v) is 15.3. The molecule has 0 aliphatic carbocycles. The molecule has 0 aliphatic rings. The predicted molar refractivity (Wildman–Crippen MR) is 100 cm³/mol. The molecule has 0 bridgehead atoms. The fourth-order valence-corrected chi connectivity index (χ4v) is 4.47. The number of rotatable bonds is 6. The second-order valence-corrected chi connectivity index (χ2v) is 8.72. The van der Waals surface area contributed by atoms with Gasteiger partial charge in [0.2, 0.25) is 10.0 Å². The lowest BCUT2D eigenvalue weighted by atomic mass is 10.1. The monoisotopic (exact) mass is 373 g/mol. The number of aliphatic hydroxyl groups is 1. The van der Waals surface area contributed by atoms with Gasteiger partial charge in [-0.05, 0) is 36.8 Å². The molecule has 130 valence electrons. The van der Waals surface area contributed by atoms with Gasteiger partial charge in [-0.2, -0.15) is 0 Å². The van der Waals surface area contributed by atoms with Gasteiger partial charge in [-0.3, -0.25) is 0 Å². The number of hydrogen-bond acceptors (Lipinski definition) is 4. The lowest BCUT2D eigenvalue weighted by molar-refractivity contribution is 0.224. The first-order valence-electron chi connectivity index (χ1n) is 7.84. The number of hydrogen-bond donors (Lipinski definition) is 2. The van der Waals surface area contributed by atoms with Gasteiger partial charge in [0.1, 0.15) is 6.10 Å². The molecule has 6 heteroatoms. The van der Waals surface area contributed by atoms with E-state index in [1.807, 2.05) is 49.4 Å². The van der Waals surface area contributed by atoms with E-state index < -0.39 is 16.1 Å². The molecular weight excluding hydrogens is 354 g/mol. The number of aliphatic hydroxyl groups excluding tert-OH is 1. The Labute approximate surface area is 151 Å². The van der Waals surface area contributed by atoms with Crippen LogP contribution in [0.25, 0.3) is 0 Å². The molecule has 0 spiro atoms. The smallest absolute Gasteiger partial charge is 0.240 e. The van der Waals surface area contributed by atoms with Gasteiger partial charge in [0.15, 0.2) is 0 Å². The van der Waals surface area contributed by atoms with Crippen molar-refractivity contribution >= 4 is 21.4 Å². The highest BCUT2D eigenvalue weighted by Crippen LogP contribution is 2.28. The van der Waals surface area contributed by atoms with Gasteiger partial charge in [0.25, 0.3) is 0 Å². The highest BCUT2D eigenvalue weighted by Gasteiger charge is 2.16. The molecular formula is C19H19NO3S2. The van der Waals surface area contributed by atoms with E-state index in [1.54, 1.807) is 24.3 Å². The van der Waals surface area contributed by atoms with Crippen molar-refractivity contribution in [2.24, 2.45) is 0 Å². The van der Waals surface area contributed by atoms with Crippen LogP contribution >= 0.6 is 11.3 Å². The van der Waals surface area contributed by atoms with Crippen LogP contribution in [-0.2, 0) is 16.6 Å². The van der Waals surface area contributed by atoms with E-state index in [0.717, 1.165) is 20.9 Å². The van der Waals surface area contributed by atoms with Gasteiger partial charge >= 0.3 is 0 Å². The summed E-state index contributed by atoms with van der Waals surface area (Å²) >= 11 is 1.40. The number of aryl methyl sites for hydroxylation is 1. The average Bonchev–Trinajstić information content (AvgIpc) is 3.10. The Bertz CT molecular complexity index is 932.